The summed E-state index contributed by atoms with van der Waals surface area (Å²) in [6.07, 6.45) is 15.3. The Morgan fingerprint density at radius 2 is 2.00 bits per heavy atom. The Balaban J connectivity index is 1.97. The van der Waals surface area contributed by atoms with Crippen molar-refractivity contribution in [3.63, 3.8) is 0 Å². The molecule has 0 aliphatic heterocycles. The van der Waals surface area contributed by atoms with Gasteiger partial charge in [0.15, 0.2) is 0 Å². The topological polar surface area (TPSA) is 29.9 Å². The second kappa shape index (κ2) is 8.46. The van der Waals surface area contributed by atoms with Crippen molar-refractivity contribution in [2.24, 2.45) is 5.92 Å². The van der Waals surface area contributed by atoms with Gasteiger partial charge in [-0.15, -0.1) is 0 Å². The first-order valence-corrected chi connectivity index (χ1v) is 8.59. The van der Waals surface area contributed by atoms with Crippen molar-refractivity contribution in [2.75, 3.05) is 6.54 Å². The van der Waals surface area contributed by atoms with E-state index < -0.39 is 0 Å². The van der Waals surface area contributed by atoms with Crippen LogP contribution in [0.5, 0.6) is 0 Å². The van der Waals surface area contributed by atoms with Gasteiger partial charge in [-0.2, -0.15) is 5.10 Å². The zero-order valence-corrected chi connectivity index (χ0v) is 13.3. The summed E-state index contributed by atoms with van der Waals surface area (Å²) in [6, 6.07) is 0.494. The van der Waals surface area contributed by atoms with Crippen LogP contribution in [0.1, 0.15) is 76.8 Å². The summed E-state index contributed by atoms with van der Waals surface area (Å²) in [4.78, 5) is 0. The second-order valence-corrected chi connectivity index (χ2v) is 6.24. The maximum Gasteiger partial charge on any atom is 0.0537 e. The van der Waals surface area contributed by atoms with Crippen molar-refractivity contribution >= 4 is 0 Å². The van der Waals surface area contributed by atoms with Crippen LogP contribution in [-0.4, -0.2) is 16.3 Å². The van der Waals surface area contributed by atoms with E-state index >= 15 is 0 Å². The lowest BCUT2D eigenvalue weighted by Gasteiger charge is -2.22. The molecular weight excluding hydrogens is 246 g/mol. The number of aryl methyl sites for hydroxylation is 1. The van der Waals surface area contributed by atoms with Gasteiger partial charge in [-0.25, -0.2) is 0 Å². The van der Waals surface area contributed by atoms with Crippen LogP contribution in [0.4, 0.5) is 0 Å². The molecule has 2 rings (SSSR count). The fourth-order valence-corrected chi connectivity index (χ4v) is 3.43. The van der Waals surface area contributed by atoms with E-state index in [4.69, 9.17) is 0 Å². The summed E-state index contributed by atoms with van der Waals surface area (Å²) >= 11 is 0. The summed E-state index contributed by atoms with van der Waals surface area (Å²) in [5.74, 6) is 0.899. The van der Waals surface area contributed by atoms with Crippen molar-refractivity contribution < 1.29 is 0 Å². The molecule has 1 aromatic heterocycles. The fraction of sp³-hybridized carbons (Fsp3) is 0.824. The lowest BCUT2D eigenvalue weighted by atomic mass is 9.90. The van der Waals surface area contributed by atoms with Gasteiger partial charge in [0.1, 0.15) is 0 Å². The Bertz CT molecular complexity index is 364. The molecular formula is C17H31N3. The minimum absolute atomic E-state index is 0.494. The Kier molecular flexibility index (Phi) is 6.58. The van der Waals surface area contributed by atoms with Crippen molar-refractivity contribution in [1.29, 1.82) is 0 Å². The summed E-state index contributed by atoms with van der Waals surface area (Å²) in [5, 5.41) is 8.17. The van der Waals surface area contributed by atoms with Gasteiger partial charge in [0.25, 0.3) is 0 Å². The summed E-state index contributed by atoms with van der Waals surface area (Å²) in [5.41, 5.74) is 1.38. The van der Waals surface area contributed by atoms with Crippen LogP contribution in [0.15, 0.2) is 12.4 Å². The van der Waals surface area contributed by atoms with Gasteiger partial charge >= 0.3 is 0 Å². The van der Waals surface area contributed by atoms with Crippen LogP contribution < -0.4 is 5.32 Å². The van der Waals surface area contributed by atoms with E-state index in [2.05, 4.69) is 41.3 Å². The average molecular weight is 277 g/mol. The highest BCUT2D eigenvalue weighted by Crippen LogP contribution is 2.31. The lowest BCUT2D eigenvalue weighted by Crippen LogP contribution is -2.23. The summed E-state index contributed by atoms with van der Waals surface area (Å²) < 4.78 is 2.09. The molecule has 0 amide bonds. The van der Waals surface area contributed by atoms with Gasteiger partial charge in [0.2, 0.25) is 0 Å². The van der Waals surface area contributed by atoms with Crippen LogP contribution in [-0.2, 0) is 6.54 Å². The molecule has 114 valence electrons. The summed E-state index contributed by atoms with van der Waals surface area (Å²) in [7, 11) is 0. The van der Waals surface area contributed by atoms with Gasteiger partial charge in [-0.3, -0.25) is 4.68 Å². The number of hydrogen-bond acceptors (Lipinski definition) is 2. The predicted molar refractivity (Wildman–Crippen MR) is 84.7 cm³/mol. The molecule has 20 heavy (non-hydrogen) atoms. The Morgan fingerprint density at radius 3 is 2.65 bits per heavy atom. The number of rotatable bonds is 7. The molecule has 1 unspecified atom stereocenters. The largest absolute Gasteiger partial charge is 0.310 e. The van der Waals surface area contributed by atoms with Crippen molar-refractivity contribution in [1.82, 2.24) is 15.1 Å². The van der Waals surface area contributed by atoms with Crippen molar-refractivity contribution in [2.45, 2.75) is 77.8 Å². The third-order valence-electron chi connectivity index (χ3n) is 4.50. The molecule has 1 aliphatic rings. The maximum absolute atomic E-state index is 4.50. The van der Waals surface area contributed by atoms with Crippen LogP contribution in [0, 0.1) is 5.92 Å². The highest BCUT2D eigenvalue weighted by Gasteiger charge is 2.20. The number of hydrogen-bond donors (Lipinski definition) is 1. The van der Waals surface area contributed by atoms with Crippen LogP contribution >= 0.6 is 0 Å². The van der Waals surface area contributed by atoms with Crippen molar-refractivity contribution in [3.05, 3.63) is 18.0 Å². The van der Waals surface area contributed by atoms with E-state index in [-0.39, 0.29) is 0 Å². The number of aromatic nitrogens is 2. The molecule has 1 heterocycles. The first-order chi connectivity index (χ1) is 9.83. The van der Waals surface area contributed by atoms with Gasteiger partial charge in [-0.1, -0.05) is 52.4 Å². The minimum atomic E-state index is 0.494. The molecule has 0 bridgehead atoms. The number of nitrogens with one attached hydrogen (secondary N) is 1. The molecule has 0 aromatic carbocycles. The highest BCUT2D eigenvalue weighted by atomic mass is 15.3. The van der Waals surface area contributed by atoms with Crippen molar-refractivity contribution in [3.8, 4) is 0 Å². The molecule has 3 nitrogen and oxygen atoms in total. The molecule has 0 saturated heterocycles. The van der Waals surface area contributed by atoms with Gasteiger partial charge < -0.3 is 5.32 Å². The predicted octanol–water partition coefficient (Wildman–Crippen LogP) is 4.30. The molecule has 1 aromatic rings. The molecule has 1 saturated carbocycles. The second-order valence-electron chi connectivity index (χ2n) is 6.24. The van der Waals surface area contributed by atoms with E-state index in [9.17, 15) is 0 Å². The Hall–Kier alpha value is -0.830. The normalized spacial score (nSPS) is 18.9. The molecule has 0 spiro atoms. The zero-order valence-electron chi connectivity index (χ0n) is 13.3. The van der Waals surface area contributed by atoms with E-state index in [0.29, 0.717) is 6.04 Å². The highest BCUT2D eigenvalue weighted by molar-refractivity contribution is 5.10. The quantitative estimate of drug-likeness (QED) is 0.753. The van der Waals surface area contributed by atoms with E-state index in [1.807, 2.05) is 0 Å². The monoisotopic (exact) mass is 277 g/mol. The van der Waals surface area contributed by atoms with Crippen LogP contribution in [0.3, 0.4) is 0 Å². The SMILES string of the molecule is CCCn1cc(C(CC2CCCCCC2)NCC)cn1. The van der Waals surface area contributed by atoms with E-state index in [1.54, 1.807) is 0 Å². The number of nitrogens with zero attached hydrogens (tertiary/aromatic N) is 2. The third-order valence-corrected chi connectivity index (χ3v) is 4.50. The smallest absolute Gasteiger partial charge is 0.0537 e. The molecule has 0 radical (unpaired) electrons. The van der Waals surface area contributed by atoms with Gasteiger partial charge in [0, 0.05) is 24.3 Å². The van der Waals surface area contributed by atoms with Crippen LogP contribution in [0.25, 0.3) is 0 Å². The van der Waals surface area contributed by atoms with Gasteiger partial charge in [-0.05, 0) is 25.3 Å². The third kappa shape index (κ3) is 4.62. The standard InChI is InChI=1S/C17H31N3/c1-3-11-20-14-16(13-19-20)17(18-4-2)12-15-9-7-5-6-8-10-15/h13-15,17-18H,3-12H2,1-2H3. The molecule has 1 fully saturated rings. The maximum atomic E-state index is 4.50. The lowest BCUT2D eigenvalue weighted by molar-refractivity contribution is 0.359. The molecule has 3 heteroatoms. The Labute approximate surface area is 124 Å². The molecule has 1 atom stereocenters. The molecule has 1 aliphatic carbocycles. The van der Waals surface area contributed by atoms with Gasteiger partial charge in [0.05, 0.1) is 6.20 Å². The minimum Gasteiger partial charge on any atom is -0.310 e. The zero-order chi connectivity index (χ0) is 14.2. The van der Waals surface area contributed by atoms with E-state index in [0.717, 1.165) is 25.4 Å². The first-order valence-electron chi connectivity index (χ1n) is 8.59. The summed E-state index contributed by atoms with van der Waals surface area (Å²) in [6.45, 7) is 6.48. The fourth-order valence-electron chi connectivity index (χ4n) is 3.43. The van der Waals surface area contributed by atoms with E-state index in [1.165, 1.54) is 50.5 Å². The molecule has 1 N–H and O–H groups in total. The average Bonchev–Trinajstić information content (AvgIpc) is 2.75. The Morgan fingerprint density at radius 1 is 1.25 bits per heavy atom. The first kappa shape index (κ1) is 15.6. The van der Waals surface area contributed by atoms with Crippen LogP contribution in [0.2, 0.25) is 0 Å².